The van der Waals surface area contributed by atoms with Gasteiger partial charge in [-0.1, -0.05) is 60.1 Å². The maximum absolute atomic E-state index is 6.16. The second kappa shape index (κ2) is 6.17. The molecule has 2 N–H and O–H groups in total. The van der Waals surface area contributed by atoms with Gasteiger partial charge < -0.3 is 10.5 Å². The molecular formula is C18H16ClNO. The summed E-state index contributed by atoms with van der Waals surface area (Å²) in [5.41, 5.74) is 7.89. The lowest BCUT2D eigenvalue weighted by Gasteiger charge is -2.12. The highest BCUT2D eigenvalue weighted by molar-refractivity contribution is 6.31. The van der Waals surface area contributed by atoms with E-state index in [1.54, 1.807) is 0 Å². The van der Waals surface area contributed by atoms with Crippen molar-refractivity contribution in [2.24, 2.45) is 5.73 Å². The van der Waals surface area contributed by atoms with E-state index in [4.69, 9.17) is 22.1 Å². The molecule has 0 spiro atoms. The highest BCUT2D eigenvalue weighted by Gasteiger charge is 2.07. The van der Waals surface area contributed by atoms with E-state index in [2.05, 4.69) is 12.1 Å². The fourth-order valence-electron chi connectivity index (χ4n) is 2.41. The molecule has 0 aliphatic carbocycles. The van der Waals surface area contributed by atoms with Crippen LogP contribution in [0.5, 0.6) is 5.75 Å². The summed E-state index contributed by atoms with van der Waals surface area (Å²) < 4.78 is 5.96. The molecule has 3 heteroatoms. The van der Waals surface area contributed by atoms with E-state index in [1.165, 1.54) is 0 Å². The van der Waals surface area contributed by atoms with E-state index in [1.807, 2.05) is 48.5 Å². The Morgan fingerprint density at radius 2 is 1.52 bits per heavy atom. The van der Waals surface area contributed by atoms with Crippen LogP contribution in [0.15, 0.2) is 60.7 Å². The molecule has 0 bridgehead atoms. The predicted molar refractivity (Wildman–Crippen MR) is 87.6 cm³/mol. The van der Waals surface area contributed by atoms with Gasteiger partial charge in [0.2, 0.25) is 0 Å². The molecule has 0 atom stereocenters. The Morgan fingerprint density at radius 1 is 0.810 bits per heavy atom. The highest BCUT2D eigenvalue weighted by Crippen LogP contribution is 2.29. The average Bonchev–Trinajstić information content (AvgIpc) is 2.54. The van der Waals surface area contributed by atoms with Crippen LogP contribution in [-0.2, 0) is 13.2 Å². The zero-order valence-electron chi connectivity index (χ0n) is 11.6. The number of nitrogens with two attached hydrogens (primary N) is 1. The number of fused-ring (bicyclic) bond motifs is 1. The number of rotatable bonds is 4. The van der Waals surface area contributed by atoms with Gasteiger partial charge in [-0.25, -0.2) is 0 Å². The Kier molecular flexibility index (Phi) is 4.09. The molecule has 0 aliphatic heterocycles. The largest absolute Gasteiger partial charge is 0.488 e. The number of benzene rings is 3. The van der Waals surface area contributed by atoms with Gasteiger partial charge in [-0.15, -0.1) is 0 Å². The van der Waals surface area contributed by atoms with Crippen molar-refractivity contribution in [3.05, 3.63) is 76.8 Å². The summed E-state index contributed by atoms with van der Waals surface area (Å²) in [7, 11) is 0. The van der Waals surface area contributed by atoms with Crippen molar-refractivity contribution in [3.8, 4) is 5.75 Å². The molecule has 0 unspecified atom stereocenters. The zero-order valence-corrected chi connectivity index (χ0v) is 12.3. The summed E-state index contributed by atoms with van der Waals surface area (Å²) in [6.45, 7) is 0.969. The summed E-state index contributed by atoms with van der Waals surface area (Å²) >= 11 is 6.16. The topological polar surface area (TPSA) is 35.2 Å². The van der Waals surface area contributed by atoms with E-state index in [0.29, 0.717) is 13.2 Å². The maximum Gasteiger partial charge on any atom is 0.127 e. The molecule has 106 valence electrons. The smallest absolute Gasteiger partial charge is 0.127 e. The van der Waals surface area contributed by atoms with Crippen LogP contribution in [0.2, 0.25) is 5.02 Å². The SMILES string of the molecule is NCc1ccc(OCc2ccccc2Cl)c2ccccc12. The molecule has 3 rings (SSSR count). The molecule has 3 aromatic rings. The summed E-state index contributed by atoms with van der Waals surface area (Å²) in [6, 6.07) is 19.8. The molecule has 3 aromatic carbocycles. The van der Waals surface area contributed by atoms with E-state index >= 15 is 0 Å². The molecule has 2 nitrogen and oxygen atoms in total. The first-order valence-corrected chi connectivity index (χ1v) is 7.24. The van der Waals surface area contributed by atoms with Gasteiger partial charge in [-0.05, 0) is 23.1 Å². The van der Waals surface area contributed by atoms with Gasteiger partial charge >= 0.3 is 0 Å². The van der Waals surface area contributed by atoms with Crippen LogP contribution in [0, 0.1) is 0 Å². The van der Waals surface area contributed by atoms with Crippen LogP contribution >= 0.6 is 11.6 Å². The van der Waals surface area contributed by atoms with Crippen LogP contribution in [0.1, 0.15) is 11.1 Å². The molecular weight excluding hydrogens is 282 g/mol. The van der Waals surface area contributed by atoms with Crippen molar-refractivity contribution in [1.29, 1.82) is 0 Å². The van der Waals surface area contributed by atoms with Crippen molar-refractivity contribution >= 4 is 22.4 Å². The lowest BCUT2D eigenvalue weighted by atomic mass is 10.0. The third-order valence-electron chi connectivity index (χ3n) is 3.54. The molecule has 0 radical (unpaired) electrons. The number of halogens is 1. The van der Waals surface area contributed by atoms with Crippen LogP contribution in [0.4, 0.5) is 0 Å². The van der Waals surface area contributed by atoms with Gasteiger partial charge in [0.05, 0.1) is 0 Å². The number of ether oxygens (including phenoxy) is 1. The standard InChI is InChI=1S/C18H16ClNO/c19-17-8-4-1-5-14(17)12-21-18-10-9-13(11-20)15-6-2-3-7-16(15)18/h1-10H,11-12,20H2. The van der Waals surface area contributed by atoms with E-state index in [-0.39, 0.29) is 0 Å². The Labute approximate surface area is 129 Å². The monoisotopic (exact) mass is 297 g/mol. The summed E-state index contributed by atoms with van der Waals surface area (Å²) in [6.07, 6.45) is 0. The van der Waals surface area contributed by atoms with E-state index in [0.717, 1.165) is 32.7 Å². The minimum atomic E-state index is 0.450. The van der Waals surface area contributed by atoms with Crippen LogP contribution < -0.4 is 10.5 Å². The zero-order chi connectivity index (χ0) is 14.7. The van der Waals surface area contributed by atoms with Crippen LogP contribution in [0.25, 0.3) is 10.8 Å². The molecule has 0 aliphatic rings. The van der Waals surface area contributed by atoms with Gasteiger partial charge in [-0.3, -0.25) is 0 Å². The van der Waals surface area contributed by atoms with E-state index < -0.39 is 0 Å². The molecule has 0 amide bonds. The lowest BCUT2D eigenvalue weighted by Crippen LogP contribution is -2.00. The van der Waals surface area contributed by atoms with Crippen molar-refractivity contribution < 1.29 is 4.74 Å². The normalized spacial score (nSPS) is 10.8. The first-order chi connectivity index (χ1) is 10.3. The first kappa shape index (κ1) is 13.9. The second-order valence-electron chi connectivity index (χ2n) is 4.85. The number of hydrogen-bond acceptors (Lipinski definition) is 2. The highest BCUT2D eigenvalue weighted by atomic mass is 35.5. The molecule has 0 aromatic heterocycles. The molecule has 0 saturated carbocycles. The summed E-state index contributed by atoms with van der Waals surface area (Å²) in [5.74, 6) is 0.850. The average molecular weight is 298 g/mol. The molecule has 21 heavy (non-hydrogen) atoms. The van der Waals surface area contributed by atoms with Gasteiger partial charge in [0, 0.05) is 22.5 Å². The van der Waals surface area contributed by atoms with Gasteiger partial charge in [0.1, 0.15) is 12.4 Å². The third kappa shape index (κ3) is 2.87. The fourth-order valence-corrected chi connectivity index (χ4v) is 2.60. The van der Waals surface area contributed by atoms with Crippen LogP contribution in [-0.4, -0.2) is 0 Å². The Hall–Kier alpha value is -2.03. The predicted octanol–water partition coefficient (Wildman–Crippen LogP) is 4.53. The third-order valence-corrected chi connectivity index (χ3v) is 3.90. The number of hydrogen-bond donors (Lipinski definition) is 1. The first-order valence-electron chi connectivity index (χ1n) is 6.86. The molecule has 0 saturated heterocycles. The van der Waals surface area contributed by atoms with Crippen molar-refractivity contribution in [2.45, 2.75) is 13.2 Å². The van der Waals surface area contributed by atoms with Gasteiger partial charge in [-0.2, -0.15) is 0 Å². The summed E-state index contributed by atoms with van der Waals surface area (Å²) in [5, 5.41) is 2.93. The summed E-state index contributed by atoms with van der Waals surface area (Å²) in [4.78, 5) is 0. The van der Waals surface area contributed by atoms with Crippen molar-refractivity contribution in [3.63, 3.8) is 0 Å². The fraction of sp³-hybridized carbons (Fsp3) is 0.111. The molecule has 0 fully saturated rings. The molecule has 0 heterocycles. The lowest BCUT2D eigenvalue weighted by molar-refractivity contribution is 0.310. The quantitative estimate of drug-likeness (QED) is 0.768. The Bertz CT molecular complexity index is 770. The van der Waals surface area contributed by atoms with Crippen molar-refractivity contribution in [1.82, 2.24) is 0 Å². The van der Waals surface area contributed by atoms with Crippen LogP contribution in [0.3, 0.4) is 0 Å². The Balaban J connectivity index is 1.93. The Morgan fingerprint density at radius 3 is 2.29 bits per heavy atom. The van der Waals surface area contributed by atoms with Gasteiger partial charge in [0.15, 0.2) is 0 Å². The van der Waals surface area contributed by atoms with Crippen molar-refractivity contribution in [2.75, 3.05) is 0 Å². The minimum absolute atomic E-state index is 0.450. The minimum Gasteiger partial charge on any atom is -0.488 e. The van der Waals surface area contributed by atoms with Gasteiger partial charge in [0.25, 0.3) is 0 Å². The maximum atomic E-state index is 6.16. The second-order valence-corrected chi connectivity index (χ2v) is 5.26. The van der Waals surface area contributed by atoms with E-state index in [9.17, 15) is 0 Å².